The Bertz CT molecular complexity index is 1700. The maximum Gasteiger partial charge on any atom is 0.322 e. The molecule has 2 amide bonds. The molecule has 8 heteroatoms. The van der Waals surface area contributed by atoms with Crippen LogP contribution in [-0.4, -0.2) is 32.1 Å². The molecule has 0 spiro atoms. The second-order valence-corrected chi connectivity index (χ2v) is 10.1. The molecule has 1 N–H and O–H groups in total. The first-order valence-electron chi connectivity index (χ1n) is 13.5. The Balaban J connectivity index is 1.38. The van der Waals surface area contributed by atoms with Crippen molar-refractivity contribution in [2.24, 2.45) is 0 Å². The second kappa shape index (κ2) is 9.64. The van der Waals surface area contributed by atoms with Gasteiger partial charge in [-0.25, -0.2) is 9.48 Å². The number of nitrogens with one attached hydrogen (secondary N) is 1. The van der Waals surface area contributed by atoms with Crippen LogP contribution in [0.3, 0.4) is 0 Å². The third kappa shape index (κ3) is 4.00. The Morgan fingerprint density at radius 2 is 1.77 bits per heavy atom. The minimum Gasteiger partial charge on any atom is -0.454 e. The predicted molar refractivity (Wildman–Crippen MR) is 152 cm³/mol. The number of aromatic nitrogens is 3. The molecule has 4 heterocycles. The smallest absolute Gasteiger partial charge is 0.322 e. The number of amides is 2. The average Bonchev–Trinajstić information content (AvgIpc) is 3.71. The van der Waals surface area contributed by atoms with Crippen LogP contribution in [0.15, 0.2) is 91.1 Å². The van der Waals surface area contributed by atoms with Crippen molar-refractivity contribution >= 4 is 11.7 Å². The van der Waals surface area contributed by atoms with Crippen LogP contribution < -0.4 is 14.8 Å². The Morgan fingerprint density at radius 3 is 2.58 bits per heavy atom. The number of benzene rings is 3. The molecule has 200 valence electrons. The number of nitrogens with zero attached hydrogens (tertiary/aromatic N) is 4. The van der Waals surface area contributed by atoms with Crippen molar-refractivity contribution in [3.63, 3.8) is 0 Å². The number of anilines is 1. The number of carbonyl (C=O) groups is 1. The minimum absolute atomic E-state index is 0.180. The summed E-state index contributed by atoms with van der Waals surface area (Å²) in [6, 6.07) is 27.6. The zero-order chi connectivity index (χ0) is 27.2. The molecular weight excluding hydrogens is 502 g/mol. The number of hydrogen-bond acceptors (Lipinski definition) is 4. The van der Waals surface area contributed by atoms with Gasteiger partial charge in [0.1, 0.15) is 5.82 Å². The van der Waals surface area contributed by atoms with Gasteiger partial charge in [-0.2, -0.15) is 5.10 Å². The van der Waals surface area contributed by atoms with Crippen LogP contribution in [0.2, 0.25) is 0 Å². The second-order valence-electron chi connectivity index (χ2n) is 10.1. The van der Waals surface area contributed by atoms with Gasteiger partial charge in [0.15, 0.2) is 11.5 Å². The first-order valence-corrected chi connectivity index (χ1v) is 13.5. The fourth-order valence-electron chi connectivity index (χ4n) is 5.62. The van der Waals surface area contributed by atoms with Crippen LogP contribution in [0.4, 0.5) is 10.5 Å². The van der Waals surface area contributed by atoms with E-state index in [0.29, 0.717) is 23.7 Å². The Hall–Kier alpha value is -4.98. The van der Waals surface area contributed by atoms with Crippen molar-refractivity contribution < 1.29 is 14.3 Å². The maximum atomic E-state index is 14.2. The zero-order valence-electron chi connectivity index (χ0n) is 22.4. The molecular formula is C32H29N5O3. The number of carbonyl (C=O) groups excluding carboxylic acids is 1. The molecule has 2 aliphatic heterocycles. The molecule has 3 aromatic carbocycles. The van der Waals surface area contributed by atoms with Crippen molar-refractivity contribution in [2.75, 3.05) is 12.1 Å². The molecule has 0 saturated heterocycles. The SMILES string of the molecule is CCc1nn(-c2ccccc2)c2c1CN(C(=O)Nc1ccc3c(c1)OCO3)C(c1ccc(C)cc1)c1cccn1-2. The molecule has 5 aromatic rings. The van der Waals surface area contributed by atoms with Crippen LogP contribution in [0, 0.1) is 6.92 Å². The number of hydrogen-bond donors (Lipinski definition) is 1. The molecule has 2 aromatic heterocycles. The molecule has 7 rings (SSSR count). The fraction of sp³-hybridized carbons (Fsp3) is 0.188. The Morgan fingerprint density at radius 1 is 0.975 bits per heavy atom. The van der Waals surface area contributed by atoms with Crippen LogP contribution in [-0.2, 0) is 13.0 Å². The van der Waals surface area contributed by atoms with E-state index in [1.165, 1.54) is 5.56 Å². The van der Waals surface area contributed by atoms with E-state index in [2.05, 4.69) is 72.4 Å². The summed E-state index contributed by atoms with van der Waals surface area (Å²) < 4.78 is 15.2. The van der Waals surface area contributed by atoms with Gasteiger partial charge in [0.2, 0.25) is 6.79 Å². The number of rotatable bonds is 4. The van der Waals surface area contributed by atoms with E-state index >= 15 is 0 Å². The van der Waals surface area contributed by atoms with Crippen molar-refractivity contribution in [2.45, 2.75) is 32.9 Å². The summed E-state index contributed by atoms with van der Waals surface area (Å²) in [6.45, 7) is 4.75. The minimum atomic E-state index is -0.328. The van der Waals surface area contributed by atoms with Gasteiger partial charge in [-0.1, -0.05) is 55.0 Å². The van der Waals surface area contributed by atoms with Gasteiger partial charge >= 0.3 is 6.03 Å². The maximum absolute atomic E-state index is 14.2. The standard InChI is InChI=1S/C32H29N5O3/c1-3-26-25-19-36(32(38)33-23-15-16-28-29(18-23)40-20-39-28)30(22-13-11-21(2)12-14-22)27-10-7-17-35(27)31(25)37(34-26)24-8-5-4-6-9-24/h4-18,30H,3,19-20H2,1-2H3,(H,33,38). The molecule has 8 nitrogen and oxygen atoms in total. The number of fused-ring (bicyclic) bond motifs is 4. The van der Waals surface area contributed by atoms with Crippen molar-refractivity contribution in [1.29, 1.82) is 0 Å². The monoisotopic (exact) mass is 531 g/mol. The van der Waals surface area contributed by atoms with Crippen LogP contribution in [0.1, 0.15) is 41.0 Å². The van der Waals surface area contributed by atoms with Gasteiger partial charge in [-0.05, 0) is 55.3 Å². The normalized spacial score (nSPS) is 15.3. The van der Waals surface area contributed by atoms with Crippen molar-refractivity contribution in [3.05, 3.63) is 119 Å². The van der Waals surface area contributed by atoms with Gasteiger partial charge in [0, 0.05) is 23.5 Å². The van der Waals surface area contributed by atoms with E-state index in [4.69, 9.17) is 14.6 Å². The lowest BCUT2D eigenvalue weighted by Gasteiger charge is -2.31. The quantitative estimate of drug-likeness (QED) is 0.291. The van der Waals surface area contributed by atoms with E-state index in [-0.39, 0.29) is 18.9 Å². The molecule has 1 atom stereocenters. The van der Waals surface area contributed by atoms with E-state index in [1.807, 2.05) is 46.0 Å². The lowest BCUT2D eigenvalue weighted by Crippen LogP contribution is -2.38. The van der Waals surface area contributed by atoms with Crippen LogP contribution >= 0.6 is 0 Å². The summed E-state index contributed by atoms with van der Waals surface area (Å²) in [5.74, 6) is 2.25. The molecule has 1 unspecified atom stereocenters. The summed E-state index contributed by atoms with van der Waals surface area (Å²) in [7, 11) is 0. The Kier molecular flexibility index (Phi) is 5.81. The molecule has 0 bridgehead atoms. The Labute approximate surface area is 232 Å². The van der Waals surface area contributed by atoms with Gasteiger partial charge in [-0.3, -0.25) is 0 Å². The largest absolute Gasteiger partial charge is 0.454 e. The summed E-state index contributed by atoms with van der Waals surface area (Å²) in [5, 5.41) is 8.16. The molecule has 0 fully saturated rings. The topological polar surface area (TPSA) is 73.6 Å². The number of para-hydroxylation sites is 1. The van der Waals surface area contributed by atoms with E-state index in [1.54, 1.807) is 6.07 Å². The summed E-state index contributed by atoms with van der Waals surface area (Å²) >= 11 is 0. The predicted octanol–water partition coefficient (Wildman–Crippen LogP) is 6.40. The molecule has 0 aliphatic carbocycles. The average molecular weight is 532 g/mol. The van der Waals surface area contributed by atoms with E-state index < -0.39 is 0 Å². The molecule has 2 aliphatic rings. The van der Waals surface area contributed by atoms with Crippen molar-refractivity contribution in [1.82, 2.24) is 19.2 Å². The first-order chi connectivity index (χ1) is 19.6. The highest BCUT2D eigenvalue weighted by Crippen LogP contribution is 2.40. The summed E-state index contributed by atoms with van der Waals surface area (Å²) in [4.78, 5) is 16.1. The third-order valence-electron chi connectivity index (χ3n) is 7.58. The fourth-order valence-corrected chi connectivity index (χ4v) is 5.62. The number of aryl methyl sites for hydroxylation is 2. The van der Waals surface area contributed by atoms with E-state index in [0.717, 1.165) is 40.4 Å². The lowest BCUT2D eigenvalue weighted by atomic mass is 10.0. The third-order valence-corrected chi connectivity index (χ3v) is 7.58. The summed E-state index contributed by atoms with van der Waals surface area (Å²) in [6.07, 6.45) is 2.81. The van der Waals surface area contributed by atoms with Crippen LogP contribution in [0.25, 0.3) is 11.5 Å². The van der Waals surface area contributed by atoms with Gasteiger partial charge in [0.05, 0.1) is 29.7 Å². The molecule has 40 heavy (non-hydrogen) atoms. The van der Waals surface area contributed by atoms with Gasteiger partial charge in [-0.15, -0.1) is 0 Å². The highest BCUT2D eigenvalue weighted by Gasteiger charge is 2.36. The highest BCUT2D eigenvalue weighted by molar-refractivity contribution is 5.90. The van der Waals surface area contributed by atoms with Gasteiger partial charge in [0.25, 0.3) is 0 Å². The van der Waals surface area contributed by atoms with Crippen molar-refractivity contribution in [3.8, 4) is 23.0 Å². The lowest BCUT2D eigenvalue weighted by molar-refractivity contribution is 0.174. The summed E-state index contributed by atoms with van der Waals surface area (Å²) in [5.41, 5.74) is 6.80. The van der Waals surface area contributed by atoms with Gasteiger partial charge < -0.3 is 24.3 Å². The molecule has 0 saturated carbocycles. The zero-order valence-corrected chi connectivity index (χ0v) is 22.4. The van der Waals surface area contributed by atoms with Crippen LogP contribution in [0.5, 0.6) is 11.5 Å². The molecule has 0 radical (unpaired) electrons. The van der Waals surface area contributed by atoms with E-state index in [9.17, 15) is 4.79 Å². The highest BCUT2D eigenvalue weighted by atomic mass is 16.7. The first kappa shape index (κ1) is 24.1. The number of urea groups is 1. The number of ether oxygens (including phenoxy) is 2.